The van der Waals surface area contributed by atoms with E-state index in [-0.39, 0.29) is 18.0 Å². The van der Waals surface area contributed by atoms with Gasteiger partial charge in [0, 0.05) is 17.6 Å². The van der Waals surface area contributed by atoms with Crippen molar-refractivity contribution in [2.75, 3.05) is 26.3 Å². The summed E-state index contributed by atoms with van der Waals surface area (Å²) < 4.78 is 33.0. The van der Waals surface area contributed by atoms with Crippen LogP contribution in [0.3, 0.4) is 0 Å². The number of nitrogens with zero attached hydrogens (tertiary/aromatic N) is 1. The van der Waals surface area contributed by atoms with Crippen molar-refractivity contribution in [3.8, 4) is 5.75 Å². The zero-order valence-corrected chi connectivity index (χ0v) is 14.8. The molecule has 1 aromatic carbocycles. The Morgan fingerprint density at radius 3 is 2.57 bits per heavy atom. The Morgan fingerprint density at radius 2 is 2.00 bits per heavy atom. The van der Waals surface area contributed by atoms with Crippen LogP contribution in [-0.2, 0) is 10.0 Å². The molecule has 0 bridgehead atoms. The van der Waals surface area contributed by atoms with Crippen molar-refractivity contribution in [2.24, 2.45) is 0 Å². The number of halogens is 1. The van der Waals surface area contributed by atoms with Crippen LogP contribution in [0, 0.1) is 0 Å². The van der Waals surface area contributed by atoms with Gasteiger partial charge in [-0.3, -0.25) is 0 Å². The summed E-state index contributed by atoms with van der Waals surface area (Å²) in [5.74, 6) is 0.333. The number of aliphatic hydroxyl groups excluding tert-OH is 1. The lowest BCUT2D eigenvalue weighted by atomic mass is 10.3. The summed E-state index contributed by atoms with van der Waals surface area (Å²) >= 11 is 3.29. The van der Waals surface area contributed by atoms with Gasteiger partial charge < -0.3 is 9.84 Å². The Hall–Kier alpha value is -0.630. The van der Waals surface area contributed by atoms with Crippen LogP contribution >= 0.6 is 15.9 Å². The highest BCUT2D eigenvalue weighted by molar-refractivity contribution is 9.10. The number of hydrogen-bond donors (Lipinski definition) is 1. The molecular weight excluding hydrogens is 358 g/mol. The predicted octanol–water partition coefficient (Wildman–Crippen LogP) is 2.63. The average Bonchev–Trinajstić information content (AvgIpc) is 2.45. The third kappa shape index (κ3) is 4.95. The zero-order valence-electron chi connectivity index (χ0n) is 12.4. The van der Waals surface area contributed by atoms with Crippen molar-refractivity contribution < 1.29 is 18.3 Å². The maximum Gasteiger partial charge on any atom is 0.246 e. The first-order valence-corrected chi connectivity index (χ1v) is 9.24. The largest absolute Gasteiger partial charge is 0.492 e. The Bertz CT molecular complexity index is 548. The van der Waals surface area contributed by atoms with Gasteiger partial charge in [-0.1, -0.05) is 29.3 Å². The molecule has 0 fully saturated rings. The van der Waals surface area contributed by atoms with E-state index in [0.717, 1.165) is 12.8 Å². The summed E-state index contributed by atoms with van der Waals surface area (Å²) in [6.45, 7) is 4.45. The molecule has 0 radical (unpaired) electrons. The molecule has 0 heterocycles. The fraction of sp³-hybridized carbons (Fsp3) is 0.571. The number of hydrogen-bond acceptors (Lipinski definition) is 4. The van der Waals surface area contributed by atoms with E-state index in [0.29, 0.717) is 23.4 Å². The standard InChI is InChI=1S/C14H22BrNO4S/c1-3-5-8-16(9-10-17)21(18,19)14-11-12(15)6-7-13(14)20-4-2/h6-7,11,17H,3-5,8-10H2,1-2H3. The third-order valence-corrected chi connectivity index (χ3v) is 5.35. The molecule has 0 aliphatic carbocycles. The van der Waals surface area contributed by atoms with Crippen LogP contribution in [0.2, 0.25) is 0 Å². The minimum absolute atomic E-state index is 0.0837. The summed E-state index contributed by atoms with van der Waals surface area (Å²) in [5, 5.41) is 9.13. The van der Waals surface area contributed by atoms with Crippen LogP contribution in [-0.4, -0.2) is 44.1 Å². The van der Waals surface area contributed by atoms with Crippen molar-refractivity contribution in [1.29, 1.82) is 0 Å². The van der Waals surface area contributed by atoms with Crippen molar-refractivity contribution in [3.05, 3.63) is 22.7 Å². The van der Waals surface area contributed by atoms with E-state index in [1.165, 1.54) is 10.4 Å². The Labute approximate surface area is 135 Å². The molecule has 0 unspecified atom stereocenters. The normalized spacial score (nSPS) is 11.9. The molecule has 0 saturated carbocycles. The highest BCUT2D eigenvalue weighted by atomic mass is 79.9. The summed E-state index contributed by atoms with van der Waals surface area (Å²) in [6.07, 6.45) is 1.63. The van der Waals surface area contributed by atoms with E-state index < -0.39 is 10.0 Å². The quantitative estimate of drug-likeness (QED) is 0.715. The second kappa shape index (κ2) is 8.73. The first-order chi connectivity index (χ1) is 9.97. The van der Waals surface area contributed by atoms with Gasteiger partial charge >= 0.3 is 0 Å². The van der Waals surface area contributed by atoms with Gasteiger partial charge in [-0.2, -0.15) is 4.31 Å². The lowest BCUT2D eigenvalue weighted by molar-refractivity contribution is 0.251. The van der Waals surface area contributed by atoms with Crippen LogP contribution < -0.4 is 4.74 Å². The highest BCUT2D eigenvalue weighted by Crippen LogP contribution is 2.30. The fourth-order valence-corrected chi connectivity index (χ4v) is 4.03. The van der Waals surface area contributed by atoms with Gasteiger partial charge in [0.15, 0.2) is 0 Å². The van der Waals surface area contributed by atoms with Crippen LogP contribution in [0.25, 0.3) is 0 Å². The zero-order chi connectivity index (χ0) is 15.9. The highest BCUT2D eigenvalue weighted by Gasteiger charge is 2.27. The monoisotopic (exact) mass is 379 g/mol. The molecule has 7 heteroatoms. The van der Waals surface area contributed by atoms with Gasteiger partial charge in [0.25, 0.3) is 0 Å². The number of aliphatic hydroxyl groups is 1. The maximum absolute atomic E-state index is 12.8. The summed E-state index contributed by atoms with van der Waals surface area (Å²) in [7, 11) is -3.69. The SMILES string of the molecule is CCCCN(CCO)S(=O)(=O)c1cc(Br)ccc1OCC. The van der Waals surface area contributed by atoms with E-state index in [1.54, 1.807) is 19.1 Å². The molecule has 120 valence electrons. The van der Waals surface area contributed by atoms with Gasteiger partial charge in [0.2, 0.25) is 10.0 Å². The van der Waals surface area contributed by atoms with Gasteiger partial charge in [0.05, 0.1) is 13.2 Å². The molecule has 1 aromatic rings. The van der Waals surface area contributed by atoms with Gasteiger partial charge in [-0.25, -0.2) is 8.42 Å². The molecule has 1 rings (SSSR count). The number of benzene rings is 1. The molecule has 0 atom stereocenters. The molecule has 1 N–H and O–H groups in total. The van der Waals surface area contributed by atoms with Crippen molar-refractivity contribution >= 4 is 26.0 Å². The summed E-state index contributed by atoms with van der Waals surface area (Å²) in [4.78, 5) is 0.128. The van der Waals surface area contributed by atoms with Crippen LogP contribution in [0.4, 0.5) is 0 Å². The minimum atomic E-state index is -3.69. The summed E-state index contributed by atoms with van der Waals surface area (Å²) in [5.41, 5.74) is 0. The summed E-state index contributed by atoms with van der Waals surface area (Å²) in [6, 6.07) is 4.92. The van der Waals surface area contributed by atoms with E-state index in [4.69, 9.17) is 9.84 Å². The minimum Gasteiger partial charge on any atom is -0.492 e. The number of unbranched alkanes of at least 4 members (excludes halogenated alkanes) is 1. The number of sulfonamides is 1. The van der Waals surface area contributed by atoms with E-state index in [2.05, 4.69) is 15.9 Å². The van der Waals surface area contributed by atoms with E-state index in [1.807, 2.05) is 6.92 Å². The Kier molecular flexibility index (Phi) is 7.65. The third-order valence-electron chi connectivity index (χ3n) is 2.93. The number of ether oxygens (including phenoxy) is 1. The van der Waals surface area contributed by atoms with E-state index in [9.17, 15) is 8.42 Å². The van der Waals surface area contributed by atoms with Crippen LogP contribution in [0.15, 0.2) is 27.6 Å². The van der Waals surface area contributed by atoms with Crippen molar-refractivity contribution in [3.63, 3.8) is 0 Å². The van der Waals surface area contributed by atoms with Gasteiger partial charge in [0.1, 0.15) is 10.6 Å². The smallest absolute Gasteiger partial charge is 0.246 e. The first kappa shape index (κ1) is 18.4. The van der Waals surface area contributed by atoms with Crippen molar-refractivity contribution in [1.82, 2.24) is 4.31 Å². The average molecular weight is 380 g/mol. The van der Waals surface area contributed by atoms with Gasteiger partial charge in [-0.15, -0.1) is 0 Å². The molecule has 0 aliphatic heterocycles. The van der Waals surface area contributed by atoms with Crippen LogP contribution in [0.5, 0.6) is 5.75 Å². The van der Waals surface area contributed by atoms with E-state index >= 15 is 0 Å². The molecule has 21 heavy (non-hydrogen) atoms. The molecule has 0 amide bonds. The lowest BCUT2D eigenvalue weighted by Crippen LogP contribution is -2.34. The predicted molar refractivity (Wildman–Crippen MR) is 86.1 cm³/mol. The molecule has 0 saturated heterocycles. The van der Waals surface area contributed by atoms with Crippen molar-refractivity contribution in [2.45, 2.75) is 31.6 Å². The molecule has 5 nitrogen and oxygen atoms in total. The van der Waals surface area contributed by atoms with Crippen LogP contribution in [0.1, 0.15) is 26.7 Å². The molecule has 0 aromatic heterocycles. The molecular formula is C14H22BrNO4S. The first-order valence-electron chi connectivity index (χ1n) is 7.00. The molecule has 0 spiro atoms. The maximum atomic E-state index is 12.8. The van der Waals surface area contributed by atoms with Gasteiger partial charge in [-0.05, 0) is 31.5 Å². The fourth-order valence-electron chi connectivity index (χ4n) is 1.90. The Balaban J connectivity index is 3.22. The molecule has 0 aliphatic rings. The lowest BCUT2D eigenvalue weighted by Gasteiger charge is -2.22. The topological polar surface area (TPSA) is 66.8 Å². The number of rotatable bonds is 9. The Morgan fingerprint density at radius 1 is 1.29 bits per heavy atom. The second-order valence-electron chi connectivity index (χ2n) is 4.51. The second-order valence-corrected chi connectivity index (χ2v) is 7.33.